The molecule has 1 atom stereocenters. The van der Waals surface area contributed by atoms with E-state index in [0.717, 1.165) is 28.5 Å². The maximum atomic E-state index is 12.9. The number of carbonyl (C=O) groups is 1. The van der Waals surface area contributed by atoms with Crippen molar-refractivity contribution >= 4 is 21.6 Å². The van der Waals surface area contributed by atoms with E-state index in [2.05, 4.69) is 17.4 Å². The van der Waals surface area contributed by atoms with Crippen LogP contribution in [-0.4, -0.2) is 34.2 Å². The van der Waals surface area contributed by atoms with Gasteiger partial charge in [-0.1, -0.05) is 60.2 Å². The zero-order chi connectivity index (χ0) is 24.7. The summed E-state index contributed by atoms with van der Waals surface area (Å²) >= 11 is 0. The largest absolute Gasteiger partial charge is 0.497 e. The van der Waals surface area contributed by atoms with E-state index < -0.39 is 10.0 Å². The van der Waals surface area contributed by atoms with Crippen molar-refractivity contribution in [1.29, 1.82) is 0 Å². The molecule has 0 aliphatic rings. The van der Waals surface area contributed by atoms with Gasteiger partial charge < -0.3 is 10.1 Å². The van der Waals surface area contributed by atoms with Gasteiger partial charge in [0.05, 0.1) is 25.1 Å². The first-order valence-electron chi connectivity index (χ1n) is 11.2. The first-order valence-corrected chi connectivity index (χ1v) is 13.1. The van der Waals surface area contributed by atoms with Crippen LogP contribution in [0.4, 0.5) is 5.69 Å². The van der Waals surface area contributed by atoms with Crippen LogP contribution in [0.15, 0.2) is 72.8 Å². The Morgan fingerprint density at radius 3 is 2.38 bits per heavy atom. The number of hydrogen-bond acceptors (Lipinski definition) is 4. The minimum atomic E-state index is -3.51. The molecular formula is C27H32N2O4S. The molecular weight excluding hydrogens is 448 g/mol. The van der Waals surface area contributed by atoms with Gasteiger partial charge in [0.25, 0.3) is 0 Å². The molecule has 0 spiro atoms. The van der Waals surface area contributed by atoms with Crippen LogP contribution in [0.1, 0.15) is 41.1 Å². The molecule has 0 heterocycles. The molecule has 34 heavy (non-hydrogen) atoms. The van der Waals surface area contributed by atoms with Crippen LogP contribution in [0.2, 0.25) is 0 Å². The molecule has 7 heteroatoms. The van der Waals surface area contributed by atoms with Crippen LogP contribution in [0.3, 0.4) is 0 Å². The number of hydrogen-bond donors (Lipinski definition) is 1. The fraction of sp³-hybridized carbons (Fsp3) is 0.296. The number of nitrogens with one attached hydrogen (secondary N) is 1. The minimum absolute atomic E-state index is 0.132. The van der Waals surface area contributed by atoms with E-state index in [-0.39, 0.29) is 24.9 Å². The van der Waals surface area contributed by atoms with Gasteiger partial charge in [-0.15, -0.1) is 0 Å². The van der Waals surface area contributed by atoms with Gasteiger partial charge in [0.1, 0.15) is 5.75 Å². The smallest absolute Gasteiger partial charge is 0.232 e. The Kier molecular flexibility index (Phi) is 8.34. The maximum absolute atomic E-state index is 12.9. The summed E-state index contributed by atoms with van der Waals surface area (Å²) in [5, 5.41) is 3.15. The van der Waals surface area contributed by atoms with Gasteiger partial charge in [0, 0.05) is 19.0 Å². The molecule has 0 unspecified atom stereocenters. The Morgan fingerprint density at radius 1 is 1.00 bits per heavy atom. The number of aryl methyl sites for hydroxylation is 2. The highest BCUT2D eigenvalue weighted by Gasteiger charge is 2.21. The Labute approximate surface area is 202 Å². The number of benzene rings is 3. The summed E-state index contributed by atoms with van der Waals surface area (Å²) in [7, 11) is -1.98. The summed E-state index contributed by atoms with van der Waals surface area (Å²) < 4.78 is 31.3. The molecule has 0 bridgehead atoms. The molecule has 3 aromatic rings. The van der Waals surface area contributed by atoms with Crippen molar-refractivity contribution in [2.45, 2.75) is 32.7 Å². The Morgan fingerprint density at radius 2 is 1.74 bits per heavy atom. The maximum Gasteiger partial charge on any atom is 0.232 e. The number of anilines is 1. The summed E-state index contributed by atoms with van der Waals surface area (Å²) in [6.07, 6.45) is 1.74. The summed E-state index contributed by atoms with van der Waals surface area (Å²) in [5.41, 5.74) is 4.82. The van der Waals surface area contributed by atoms with Crippen LogP contribution < -0.4 is 14.4 Å². The van der Waals surface area contributed by atoms with Crippen molar-refractivity contribution in [2.75, 3.05) is 24.2 Å². The topological polar surface area (TPSA) is 75.7 Å². The molecule has 3 rings (SSSR count). The monoisotopic (exact) mass is 480 g/mol. The number of ether oxygens (including phenoxy) is 1. The average Bonchev–Trinajstić information content (AvgIpc) is 2.80. The predicted molar refractivity (Wildman–Crippen MR) is 137 cm³/mol. The summed E-state index contributed by atoms with van der Waals surface area (Å²) in [4.78, 5) is 12.9. The lowest BCUT2D eigenvalue weighted by Gasteiger charge is -2.24. The van der Waals surface area contributed by atoms with Crippen molar-refractivity contribution < 1.29 is 17.9 Å². The van der Waals surface area contributed by atoms with E-state index in [9.17, 15) is 13.2 Å². The van der Waals surface area contributed by atoms with E-state index in [1.807, 2.05) is 50.2 Å². The number of nitrogens with zero attached hydrogens (tertiary/aromatic N) is 1. The first kappa shape index (κ1) is 25.3. The third kappa shape index (κ3) is 6.60. The van der Waals surface area contributed by atoms with Gasteiger partial charge in [-0.05, 0) is 49.1 Å². The van der Waals surface area contributed by atoms with Crippen LogP contribution in [0, 0.1) is 13.8 Å². The van der Waals surface area contributed by atoms with E-state index in [1.54, 1.807) is 24.3 Å². The van der Waals surface area contributed by atoms with E-state index in [4.69, 9.17) is 4.74 Å². The highest BCUT2D eigenvalue weighted by molar-refractivity contribution is 7.92. The van der Waals surface area contributed by atoms with Crippen molar-refractivity contribution in [2.24, 2.45) is 0 Å². The van der Waals surface area contributed by atoms with E-state index >= 15 is 0 Å². The van der Waals surface area contributed by atoms with Crippen LogP contribution in [-0.2, 0) is 14.8 Å². The molecule has 1 amide bonds. The Balaban J connectivity index is 1.73. The Bertz CT molecular complexity index is 1230. The molecule has 0 aliphatic carbocycles. The second-order valence-corrected chi connectivity index (χ2v) is 10.3. The predicted octanol–water partition coefficient (Wildman–Crippen LogP) is 4.76. The number of amides is 1. The van der Waals surface area contributed by atoms with Crippen LogP contribution in [0.5, 0.6) is 5.75 Å². The molecule has 0 saturated heterocycles. The van der Waals surface area contributed by atoms with E-state index in [1.165, 1.54) is 11.4 Å². The van der Waals surface area contributed by atoms with Gasteiger partial charge >= 0.3 is 0 Å². The van der Waals surface area contributed by atoms with Crippen molar-refractivity contribution in [1.82, 2.24) is 5.32 Å². The fourth-order valence-corrected chi connectivity index (χ4v) is 4.96. The quantitative estimate of drug-likeness (QED) is 0.454. The highest BCUT2D eigenvalue weighted by Crippen LogP contribution is 2.26. The lowest BCUT2D eigenvalue weighted by Crippen LogP contribution is -2.33. The molecule has 0 fully saturated rings. The molecule has 0 aromatic heterocycles. The van der Waals surface area contributed by atoms with Crippen LogP contribution >= 0.6 is 0 Å². The van der Waals surface area contributed by atoms with E-state index in [0.29, 0.717) is 17.9 Å². The van der Waals surface area contributed by atoms with Gasteiger partial charge in [-0.2, -0.15) is 0 Å². The van der Waals surface area contributed by atoms with Gasteiger partial charge in [0.15, 0.2) is 0 Å². The number of carbonyl (C=O) groups excluding carboxylic acids is 1. The molecule has 3 aromatic carbocycles. The molecule has 0 radical (unpaired) electrons. The minimum Gasteiger partial charge on any atom is -0.497 e. The van der Waals surface area contributed by atoms with Crippen LogP contribution in [0.25, 0.3) is 0 Å². The zero-order valence-electron chi connectivity index (χ0n) is 20.1. The summed E-state index contributed by atoms with van der Waals surface area (Å²) in [5.74, 6) is 0.441. The standard InChI is InChI=1S/C27H32N2O4S/c1-20-15-16-25(21(2)18-20)27(22-10-6-5-7-11-22)28-26(30)14-9-17-29(34(4,31)32)23-12-8-13-24(19-23)33-3/h5-8,10-13,15-16,18-19,27H,9,14,17H2,1-4H3,(H,28,30)/t27-/m1/s1. The third-order valence-electron chi connectivity index (χ3n) is 5.68. The molecule has 0 aliphatic heterocycles. The Hall–Kier alpha value is -3.32. The first-order chi connectivity index (χ1) is 16.2. The second-order valence-electron chi connectivity index (χ2n) is 8.41. The van der Waals surface area contributed by atoms with Crippen molar-refractivity contribution in [3.05, 3.63) is 95.1 Å². The average molecular weight is 481 g/mol. The lowest BCUT2D eigenvalue weighted by molar-refractivity contribution is -0.121. The third-order valence-corrected chi connectivity index (χ3v) is 6.88. The normalized spacial score (nSPS) is 12.1. The zero-order valence-corrected chi connectivity index (χ0v) is 20.9. The lowest BCUT2D eigenvalue weighted by atomic mass is 9.93. The number of sulfonamides is 1. The van der Waals surface area contributed by atoms with Gasteiger partial charge in [0.2, 0.25) is 15.9 Å². The second kappa shape index (κ2) is 11.2. The van der Waals surface area contributed by atoms with Gasteiger partial charge in [-0.25, -0.2) is 8.42 Å². The number of methoxy groups -OCH3 is 1. The van der Waals surface area contributed by atoms with Crippen molar-refractivity contribution in [3.63, 3.8) is 0 Å². The summed E-state index contributed by atoms with van der Waals surface area (Å²) in [6.45, 7) is 4.28. The SMILES string of the molecule is COc1cccc(N(CCCC(=O)N[C@H](c2ccccc2)c2ccc(C)cc2C)S(C)(=O)=O)c1. The molecule has 1 N–H and O–H groups in total. The van der Waals surface area contributed by atoms with Gasteiger partial charge in [-0.3, -0.25) is 9.10 Å². The number of rotatable bonds is 10. The molecule has 180 valence electrons. The summed E-state index contributed by atoms with van der Waals surface area (Å²) in [6, 6.07) is 22.7. The molecule has 0 saturated carbocycles. The molecule has 6 nitrogen and oxygen atoms in total. The van der Waals surface area contributed by atoms with Crippen molar-refractivity contribution in [3.8, 4) is 5.75 Å². The fourth-order valence-electron chi connectivity index (χ4n) is 4.00. The highest BCUT2D eigenvalue weighted by atomic mass is 32.2.